The molecule has 1 aliphatic rings. The Balaban J connectivity index is 1.92. The number of carbonyl (C=O) groups is 1. The zero-order valence-corrected chi connectivity index (χ0v) is 12.0. The molecule has 1 aromatic heterocycles. The number of amides is 1. The Kier molecular flexibility index (Phi) is 3.75. The van der Waals surface area contributed by atoms with Gasteiger partial charge < -0.3 is 14.6 Å². The van der Waals surface area contributed by atoms with Crippen molar-refractivity contribution in [3.8, 4) is 0 Å². The molecular weight excluding hydrogens is 268 g/mol. The van der Waals surface area contributed by atoms with Gasteiger partial charge in [0, 0.05) is 19.2 Å². The molecule has 110 valence electrons. The lowest BCUT2D eigenvalue weighted by atomic mass is 10.1. The van der Waals surface area contributed by atoms with Crippen LogP contribution in [0.1, 0.15) is 23.4 Å². The van der Waals surface area contributed by atoms with E-state index in [0.717, 1.165) is 25.9 Å². The van der Waals surface area contributed by atoms with Crippen molar-refractivity contribution in [1.82, 2.24) is 10.2 Å². The monoisotopic (exact) mass is 286 g/mol. The van der Waals surface area contributed by atoms with Gasteiger partial charge in [-0.15, -0.1) is 0 Å². The molecule has 1 aromatic carbocycles. The third-order valence-electron chi connectivity index (χ3n) is 4.02. The van der Waals surface area contributed by atoms with Crippen LogP contribution in [0.3, 0.4) is 0 Å². The van der Waals surface area contributed by atoms with Gasteiger partial charge in [0.15, 0.2) is 11.2 Å². The van der Waals surface area contributed by atoms with Crippen molar-refractivity contribution in [3.63, 3.8) is 0 Å². The first-order valence-electron chi connectivity index (χ1n) is 7.17. The summed E-state index contributed by atoms with van der Waals surface area (Å²) in [6.07, 6.45) is 1.83. The summed E-state index contributed by atoms with van der Waals surface area (Å²) in [7, 11) is 1.77. The van der Waals surface area contributed by atoms with Crippen molar-refractivity contribution in [2.24, 2.45) is 0 Å². The van der Waals surface area contributed by atoms with Gasteiger partial charge in [-0.1, -0.05) is 12.1 Å². The Hall–Kier alpha value is -2.14. The molecule has 0 atom stereocenters. The number of fused-ring (bicyclic) bond motifs is 1. The van der Waals surface area contributed by atoms with E-state index in [1.54, 1.807) is 36.2 Å². The van der Waals surface area contributed by atoms with Crippen LogP contribution >= 0.6 is 0 Å². The van der Waals surface area contributed by atoms with Crippen LogP contribution < -0.4 is 10.7 Å². The molecule has 2 heterocycles. The highest BCUT2D eigenvalue weighted by Gasteiger charge is 2.24. The minimum Gasteiger partial charge on any atom is -0.451 e. The number of para-hydroxylation sites is 1. The molecule has 0 bridgehead atoms. The Bertz CT molecular complexity index is 717. The summed E-state index contributed by atoms with van der Waals surface area (Å²) < 4.78 is 5.61. The maximum absolute atomic E-state index is 12.5. The molecule has 2 aromatic rings. The van der Waals surface area contributed by atoms with Gasteiger partial charge >= 0.3 is 0 Å². The van der Waals surface area contributed by atoms with Crippen LogP contribution in [0.2, 0.25) is 0 Å². The fraction of sp³-hybridized carbons (Fsp3) is 0.375. The minimum atomic E-state index is -0.232. The van der Waals surface area contributed by atoms with E-state index in [1.807, 2.05) is 0 Å². The lowest BCUT2D eigenvalue weighted by Crippen LogP contribution is -2.44. The summed E-state index contributed by atoms with van der Waals surface area (Å²) in [6, 6.07) is 8.46. The highest BCUT2D eigenvalue weighted by molar-refractivity contribution is 5.93. The molecule has 5 nitrogen and oxygen atoms in total. The molecular formula is C16H18N2O3. The lowest BCUT2D eigenvalue weighted by Gasteiger charge is -2.31. The Morgan fingerprint density at radius 1 is 1.29 bits per heavy atom. The summed E-state index contributed by atoms with van der Waals surface area (Å²) in [4.78, 5) is 26.3. The number of benzene rings is 1. The predicted octanol–water partition coefficient (Wildman–Crippen LogP) is 1.62. The van der Waals surface area contributed by atoms with Gasteiger partial charge in [-0.3, -0.25) is 9.59 Å². The number of hydrogen-bond acceptors (Lipinski definition) is 4. The molecule has 0 radical (unpaired) electrons. The largest absolute Gasteiger partial charge is 0.451 e. The molecule has 1 N–H and O–H groups in total. The molecule has 5 heteroatoms. The number of hydrogen-bond donors (Lipinski definition) is 1. The standard InChI is InChI=1S/C16H18N2O3/c1-18(11-6-8-17-9-7-11)16(20)15-10-13(19)12-4-2-3-5-14(12)21-15/h2-5,10-11,17H,6-9H2,1H3. The maximum Gasteiger partial charge on any atom is 0.289 e. The summed E-state index contributed by atoms with van der Waals surface area (Å²) in [5.74, 6) is -0.121. The Morgan fingerprint density at radius 2 is 2.00 bits per heavy atom. The van der Waals surface area contributed by atoms with E-state index in [1.165, 1.54) is 6.07 Å². The van der Waals surface area contributed by atoms with Crippen molar-refractivity contribution in [3.05, 3.63) is 46.3 Å². The molecule has 0 aliphatic carbocycles. The maximum atomic E-state index is 12.5. The molecule has 0 unspecified atom stereocenters. The van der Waals surface area contributed by atoms with Crippen molar-refractivity contribution in [1.29, 1.82) is 0 Å². The van der Waals surface area contributed by atoms with E-state index in [4.69, 9.17) is 4.42 Å². The quantitative estimate of drug-likeness (QED) is 0.911. The van der Waals surface area contributed by atoms with Gasteiger partial charge in [0.25, 0.3) is 5.91 Å². The van der Waals surface area contributed by atoms with Crippen molar-refractivity contribution < 1.29 is 9.21 Å². The SMILES string of the molecule is CN(C(=O)c1cc(=O)c2ccccc2o1)C1CCNCC1. The molecule has 21 heavy (non-hydrogen) atoms. The molecule has 1 saturated heterocycles. The Labute approximate surface area is 122 Å². The smallest absolute Gasteiger partial charge is 0.289 e. The fourth-order valence-electron chi connectivity index (χ4n) is 2.74. The third-order valence-corrected chi connectivity index (χ3v) is 4.02. The van der Waals surface area contributed by atoms with Crippen molar-refractivity contribution in [2.75, 3.05) is 20.1 Å². The van der Waals surface area contributed by atoms with Crippen LogP contribution in [-0.4, -0.2) is 37.0 Å². The summed E-state index contributed by atoms with van der Waals surface area (Å²) >= 11 is 0. The molecule has 1 aliphatic heterocycles. The summed E-state index contributed by atoms with van der Waals surface area (Å²) in [6.45, 7) is 1.81. The average Bonchev–Trinajstić information content (AvgIpc) is 2.54. The van der Waals surface area contributed by atoms with Crippen LogP contribution in [-0.2, 0) is 0 Å². The molecule has 0 saturated carbocycles. The summed E-state index contributed by atoms with van der Waals surface area (Å²) in [5.41, 5.74) is 0.269. The number of nitrogens with zero attached hydrogens (tertiary/aromatic N) is 1. The van der Waals surface area contributed by atoms with Crippen LogP contribution in [0.25, 0.3) is 11.0 Å². The second-order valence-electron chi connectivity index (χ2n) is 5.37. The van der Waals surface area contributed by atoms with Gasteiger partial charge in [0.1, 0.15) is 5.58 Å². The summed E-state index contributed by atoms with van der Waals surface area (Å²) in [5, 5.41) is 3.77. The topological polar surface area (TPSA) is 62.6 Å². The first kappa shape index (κ1) is 13.8. The second kappa shape index (κ2) is 5.69. The van der Waals surface area contributed by atoms with Crippen LogP contribution in [0.4, 0.5) is 0 Å². The molecule has 1 fully saturated rings. The van der Waals surface area contributed by atoms with E-state index in [0.29, 0.717) is 11.0 Å². The van der Waals surface area contributed by atoms with Crippen LogP contribution in [0.15, 0.2) is 39.5 Å². The highest BCUT2D eigenvalue weighted by Crippen LogP contribution is 2.16. The fourth-order valence-corrected chi connectivity index (χ4v) is 2.74. The number of carbonyl (C=O) groups excluding carboxylic acids is 1. The molecule has 0 spiro atoms. The normalized spacial score (nSPS) is 16.0. The van der Waals surface area contributed by atoms with Gasteiger partial charge in [0.2, 0.25) is 0 Å². The third kappa shape index (κ3) is 2.69. The van der Waals surface area contributed by atoms with Crippen LogP contribution in [0, 0.1) is 0 Å². The minimum absolute atomic E-state index is 0.111. The number of piperidine rings is 1. The van der Waals surface area contributed by atoms with E-state index < -0.39 is 0 Å². The van der Waals surface area contributed by atoms with Gasteiger partial charge in [-0.25, -0.2) is 0 Å². The van der Waals surface area contributed by atoms with E-state index >= 15 is 0 Å². The van der Waals surface area contributed by atoms with Crippen molar-refractivity contribution >= 4 is 16.9 Å². The van der Waals surface area contributed by atoms with E-state index in [9.17, 15) is 9.59 Å². The molecule has 1 amide bonds. The number of nitrogens with one attached hydrogen (secondary N) is 1. The Morgan fingerprint density at radius 3 is 2.76 bits per heavy atom. The van der Waals surface area contributed by atoms with Gasteiger partial charge in [-0.05, 0) is 38.1 Å². The van der Waals surface area contributed by atoms with Gasteiger partial charge in [0.05, 0.1) is 5.39 Å². The first-order valence-corrected chi connectivity index (χ1v) is 7.17. The number of rotatable bonds is 2. The zero-order valence-electron chi connectivity index (χ0n) is 12.0. The second-order valence-corrected chi connectivity index (χ2v) is 5.37. The average molecular weight is 286 g/mol. The zero-order chi connectivity index (χ0) is 14.8. The van der Waals surface area contributed by atoms with E-state index in [2.05, 4.69) is 5.32 Å². The van der Waals surface area contributed by atoms with Gasteiger partial charge in [-0.2, -0.15) is 0 Å². The lowest BCUT2D eigenvalue weighted by molar-refractivity contribution is 0.0671. The van der Waals surface area contributed by atoms with Crippen molar-refractivity contribution in [2.45, 2.75) is 18.9 Å². The van der Waals surface area contributed by atoms with Crippen LogP contribution in [0.5, 0.6) is 0 Å². The highest BCUT2D eigenvalue weighted by atomic mass is 16.3. The first-order chi connectivity index (χ1) is 10.2. The molecule has 3 rings (SSSR count). The van der Waals surface area contributed by atoms with E-state index in [-0.39, 0.29) is 23.1 Å². The predicted molar refractivity (Wildman–Crippen MR) is 80.5 cm³/mol.